The van der Waals surface area contributed by atoms with Gasteiger partial charge in [0.1, 0.15) is 5.15 Å². The summed E-state index contributed by atoms with van der Waals surface area (Å²) in [6, 6.07) is 3.55. The van der Waals surface area contributed by atoms with Gasteiger partial charge >= 0.3 is 0 Å². The van der Waals surface area contributed by atoms with E-state index in [9.17, 15) is 4.79 Å². The highest BCUT2D eigenvalue weighted by Crippen LogP contribution is 2.29. The van der Waals surface area contributed by atoms with Gasteiger partial charge in [0.25, 0.3) is 0 Å². The molecule has 0 bridgehead atoms. The predicted octanol–water partition coefficient (Wildman–Crippen LogP) is 2.34. The molecule has 0 N–H and O–H groups in total. The molecule has 2 aromatic heterocycles. The Hall–Kier alpha value is -1.33. The molecule has 0 aromatic carbocycles. The highest BCUT2D eigenvalue weighted by Gasteiger charge is 2.22. The maximum atomic E-state index is 11.4. The Morgan fingerprint density at radius 2 is 2.38 bits per heavy atom. The minimum Gasteiger partial charge on any atom is -0.273 e. The van der Waals surface area contributed by atoms with Gasteiger partial charge in [-0.25, -0.2) is 9.97 Å². The van der Waals surface area contributed by atoms with Crippen molar-refractivity contribution in [1.29, 1.82) is 0 Å². The summed E-state index contributed by atoms with van der Waals surface area (Å²) in [6.07, 6.45) is 3.36. The fourth-order valence-corrected chi connectivity index (χ4v) is 2.56. The van der Waals surface area contributed by atoms with Gasteiger partial charge in [0.05, 0.1) is 11.4 Å². The number of nitrogens with zero attached hydrogens (tertiary/aromatic N) is 3. The molecule has 0 saturated carbocycles. The normalized spacial score (nSPS) is 14.2. The minimum absolute atomic E-state index is 0.0684. The smallest absolute Gasteiger partial charge is 0.243 e. The van der Waals surface area contributed by atoms with E-state index in [4.69, 9.17) is 11.6 Å². The molecule has 16 heavy (non-hydrogen) atoms. The van der Waals surface area contributed by atoms with E-state index in [0.29, 0.717) is 10.9 Å². The van der Waals surface area contributed by atoms with Gasteiger partial charge in [-0.15, -0.1) is 0 Å². The van der Waals surface area contributed by atoms with Crippen molar-refractivity contribution in [2.45, 2.75) is 5.16 Å². The molecule has 0 amide bonds. The third-order valence-electron chi connectivity index (χ3n) is 2.29. The van der Waals surface area contributed by atoms with Crippen LogP contribution in [-0.4, -0.2) is 26.2 Å². The van der Waals surface area contributed by atoms with Crippen LogP contribution in [0.15, 0.2) is 29.7 Å². The number of carbonyl (C=O) groups excluding carboxylic acids is 1. The van der Waals surface area contributed by atoms with E-state index >= 15 is 0 Å². The van der Waals surface area contributed by atoms with Crippen molar-refractivity contribution in [3.05, 3.63) is 29.7 Å². The Labute approximate surface area is 101 Å². The van der Waals surface area contributed by atoms with Crippen molar-refractivity contribution >= 4 is 29.3 Å². The molecule has 0 atom stereocenters. The molecule has 3 rings (SSSR count). The summed E-state index contributed by atoms with van der Waals surface area (Å²) in [7, 11) is 0. The number of pyridine rings is 1. The summed E-state index contributed by atoms with van der Waals surface area (Å²) in [5.74, 6) is 0.540. The highest BCUT2D eigenvalue weighted by molar-refractivity contribution is 8.00. The van der Waals surface area contributed by atoms with Gasteiger partial charge in [0.2, 0.25) is 5.91 Å². The van der Waals surface area contributed by atoms with Gasteiger partial charge in [0, 0.05) is 18.0 Å². The largest absolute Gasteiger partial charge is 0.273 e. The van der Waals surface area contributed by atoms with Crippen LogP contribution in [0.4, 0.5) is 0 Å². The van der Waals surface area contributed by atoms with Crippen LogP contribution in [-0.2, 0) is 0 Å². The van der Waals surface area contributed by atoms with Crippen molar-refractivity contribution in [2.24, 2.45) is 0 Å². The van der Waals surface area contributed by atoms with Gasteiger partial charge in [-0.2, -0.15) is 0 Å². The maximum Gasteiger partial charge on any atom is 0.243 e. The number of aromatic nitrogens is 3. The molecular weight excluding hydrogens is 246 g/mol. The van der Waals surface area contributed by atoms with Gasteiger partial charge in [-0.3, -0.25) is 9.36 Å². The SMILES string of the molecule is O=C1CSc2nc(-c3ccnc(Cl)c3)cn21. The molecule has 0 spiro atoms. The average molecular weight is 252 g/mol. The van der Waals surface area contributed by atoms with Crippen molar-refractivity contribution in [2.75, 3.05) is 5.75 Å². The van der Waals surface area contributed by atoms with E-state index in [1.54, 1.807) is 23.0 Å². The van der Waals surface area contributed by atoms with E-state index in [1.807, 2.05) is 6.07 Å². The van der Waals surface area contributed by atoms with Gasteiger partial charge in [-0.05, 0) is 12.1 Å². The molecule has 0 unspecified atom stereocenters. The topological polar surface area (TPSA) is 47.8 Å². The first-order valence-electron chi connectivity index (χ1n) is 4.61. The van der Waals surface area contributed by atoms with Crippen LogP contribution in [0.1, 0.15) is 4.79 Å². The van der Waals surface area contributed by atoms with Crippen LogP contribution in [0.2, 0.25) is 5.15 Å². The van der Waals surface area contributed by atoms with Crippen molar-refractivity contribution in [3.63, 3.8) is 0 Å². The second-order valence-electron chi connectivity index (χ2n) is 3.33. The quantitative estimate of drug-likeness (QED) is 0.730. The molecule has 6 heteroatoms. The van der Waals surface area contributed by atoms with Crippen LogP contribution < -0.4 is 0 Å². The number of halogens is 1. The first-order valence-corrected chi connectivity index (χ1v) is 5.98. The first kappa shape index (κ1) is 9.86. The summed E-state index contributed by atoms with van der Waals surface area (Å²) in [5, 5.41) is 1.16. The zero-order valence-corrected chi connectivity index (χ0v) is 9.63. The number of fused-ring (bicyclic) bond motifs is 1. The summed E-state index contributed by atoms with van der Waals surface area (Å²) < 4.78 is 1.58. The van der Waals surface area contributed by atoms with E-state index in [-0.39, 0.29) is 5.91 Å². The van der Waals surface area contributed by atoms with E-state index in [0.717, 1.165) is 16.4 Å². The summed E-state index contributed by atoms with van der Waals surface area (Å²) in [6.45, 7) is 0. The number of rotatable bonds is 1. The Bertz CT molecular complexity index is 581. The molecule has 0 aliphatic carbocycles. The van der Waals surface area contributed by atoms with Gasteiger partial charge < -0.3 is 0 Å². The van der Waals surface area contributed by atoms with Crippen LogP contribution in [0.5, 0.6) is 0 Å². The molecule has 1 aliphatic heterocycles. The van der Waals surface area contributed by atoms with E-state index in [2.05, 4.69) is 9.97 Å². The van der Waals surface area contributed by atoms with Crippen molar-refractivity contribution in [1.82, 2.24) is 14.5 Å². The molecule has 3 heterocycles. The minimum atomic E-state index is 0.0684. The lowest BCUT2D eigenvalue weighted by atomic mass is 10.2. The molecule has 0 saturated heterocycles. The third-order valence-corrected chi connectivity index (χ3v) is 3.43. The lowest BCUT2D eigenvalue weighted by Gasteiger charge is -1.96. The summed E-state index contributed by atoms with van der Waals surface area (Å²) >= 11 is 7.25. The molecule has 0 fully saturated rings. The number of hydrogen-bond acceptors (Lipinski definition) is 4. The molecule has 0 radical (unpaired) electrons. The number of imidazole rings is 1. The number of carbonyl (C=O) groups is 1. The standard InChI is InChI=1S/C10H6ClN3OS/c11-8-3-6(1-2-12-8)7-4-14-9(15)5-16-10(14)13-7/h1-4H,5H2. The highest BCUT2D eigenvalue weighted by atomic mass is 35.5. The van der Waals surface area contributed by atoms with Crippen LogP contribution in [0.3, 0.4) is 0 Å². The summed E-state index contributed by atoms with van der Waals surface area (Å²) in [5.41, 5.74) is 1.62. The first-order chi connectivity index (χ1) is 7.74. The maximum absolute atomic E-state index is 11.4. The van der Waals surface area contributed by atoms with Crippen molar-refractivity contribution in [3.8, 4) is 11.3 Å². The van der Waals surface area contributed by atoms with E-state index < -0.39 is 0 Å². The Balaban J connectivity index is 2.08. The van der Waals surface area contributed by atoms with Crippen molar-refractivity contribution < 1.29 is 4.79 Å². The Morgan fingerprint density at radius 3 is 3.12 bits per heavy atom. The van der Waals surface area contributed by atoms with E-state index in [1.165, 1.54) is 11.8 Å². The fraction of sp³-hybridized carbons (Fsp3) is 0.100. The van der Waals surface area contributed by atoms with Crippen LogP contribution >= 0.6 is 23.4 Å². The second-order valence-corrected chi connectivity index (χ2v) is 4.66. The lowest BCUT2D eigenvalue weighted by Crippen LogP contribution is -2.04. The second kappa shape index (κ2) is 3.61. The van der Waals surface area contributed by atoms with Gasteiger partial charge in [-0.1, -0.05) is 23.4 Å². The van der Waals surface area contributed by atoms with Gasteiger partial charge in [0.15, 0.2) is 5.16 Å². The number of thioether (sulfide) groups is 1. The predicted molar refractivity (Wildman–Crippen MR) is 61.8 cm³/mol. The molecular formula is C10H6ClN3OS. The molecule has 2 aromatic rings. The molecule has 80 valence electrons. The Kier molecular flexibility index (Phi) is 2.22. The Morgan fingerprint density at radius 1 is 1.50 bits per heavy atom. The average Bonchev–Trinajstić information content (AvgIpc) is 2.81. The summed E-state index contributed by atoms with van der Waals surface area (Å²) in [4.78, 5) is 19.7. The zero-order valence-electron chi connectivity index (χ0n) is 8.05. The zero-order chi connectivity index (χ0) is 11.1. The molecule has 4 nitrogen and oxygen atoms in total. The molecule has 1 aliphatic rings. The monoisotopic (exact) mass is 251 g/mol. The number of hydrogen-bond donors (Lipinski definition) is 0. The fourth-order valence-electron chi connectivity index (χ4n) is 1.54. The van der Waals surface area contributed by atoms with Crippen LogP contribution in [0, 0.1) is 0 Å². The third kappa shape index (κ3) is 1.52. The lowest BCUT2D eigenvalue weighted by molar-refractivity contribution is 0.0939. The van der Waals surface area contributed by atoms with Crippen LogP contribution in [0.25, 0.3) is 11.3 Å².